The van der Waals surface area contributed by atoms with Crippen LogP contribution < -0.4 is 5.73 Å². The first-order valence-corrected chi connectivity index (χ1v) is 7.47. The van der Waals surface area contributed by atoms with Gasteiger partial charge in [-0.1, -0.05) is 42.5 Å². The minimum Gasteiger partial charge on any atom is -0.398 e. The summed E-state index contributed by atoms with van der Waals surface area (Å²) in [6.07, 6.45) is 2.65. The van der Waals surface area contributed by atoms with Gasteiger partial charge in [-0.25, -0.2) is 0 Å². The minimum atomic E-state index is -0.680. The highest BCUT2D eigenvalue weighted by molar-refractivity contribution is 5.47. The van der Waals surface area contributed by atoms with Crippen molar-refractivity contribution in [2.75, 3.05) is 12.3 Å². The number of para-hydroxylation sites is 1. The molecule has 3 rings (SSSR count). The van der Waals surface area contributed by atoms with E-state index < -0.39 is 6.10 Å². The van der Waals surface area contributed by atoms with Crippen molar-refractivity contribution in [3.05, 3.63) is 65.2 Å². The Bertz CT molecular complexity index is 612. The second-order valence-corrected chi connectivity index (χ2v) is 5.56. The lowest BCUT2D eigenvalue weighted by molar-refractivity contribution is -0.0181. The highest BCUT2D eigenvalue weighted by Crippen LogP contribution is 2.33. The van der Waals surface area contributed by atoms with Crippen LogP contribution in [0.4, 0.5) is 5.69 Å². The highest BCUT2D eigenvalue weighted by Gasteiger charge is 2.21. The van der Waals surface area contributed by atoms with Gasteiger partial charge in [0.1, 0.15) is 6.10 Å². The van der Waals surface area contributed by atoms with E-state index in [-0.39, 0.29) is 12.7 Å². The zero-order valence-electron chi connectivity index (χ0n) is 12.0. The van der Waals surface area contributed by atoms with Gasteiger partial charge in [-0.15, -0.1) is 0 Å². The number of aliphatic hydroxyl groups is 1. The zero-order chi connectivity index (χ0) is 14.7. The molecule has 110 valence electrons. The molecule has 0 heterocycles. The van der Waals surface area contributed by atoms with E-state index in [0.29, 0.717) is 5.69 Å². The van der Waals surface area contributed by atoms with E-state index in [9.17, 15) is 5.11 Å². The predicted octanol–water partition coefficient (Wildman–Crippen LogP) is 3.40. The number of anilines is 1. The van der Waals surface area contributed by atoms with Crippen molar-refractivity contribution >= 4 is 5.69 Å². The molecule has 0 bridgehead atoms. The van der Waals surface area contributed by atoms with Crippen LogP contribution in [0.2, 0.25) is 0 Å². The molecular weight excluding hydrogens is 262 g/mol. The van der Waals surface area contributed by atoms with Crippen LogP contribution in [-0.4, -0.2) is 11.7 Å². The molecule has 0 amide bonds. The Morgan fingerprint density at radius 1 is 1.14 bits per heavy atom. The monoisotopic (exact) mass is 283 g/mol. The van der Waals surface area contributed by atoms with E-state index in [1.54, 1.807) is 6.07 Å². The molecule has 3 nitrogen and oxygen atoms in total. The Morgan fingerprint density at radius 3 is 2.76 bits per heavy atom. The number of fused-ring (bicyclic) bond motifs is 1. The number of nitrogens with two attached hydrogens (primary N) is 1. The molecule has 0 radical (unpaired) electrons. The quantitative estimate of drug-likeness (QED) is 0.846. The molecular formula is C18H21NO2. The summed E-state index contributed by atoms with van der Waals surface area (Å²) in [6, 6.07) is 15.8. The molecule has 2 aromatic rings. The Kier molecular flexibility index (Phi) is 4.23. The third-order valence-electron chi connectivity index (χ3n) is 4.12. The second-order valence-electron chi connectivity index (χ2n) is 5.56. The predicted molar refractivity (Wildman–Crippen MR) is 83.9 cm³/mol. The topological polar surface area (TPSA) is 55.5 Å². The van der Waals surface area contributed by atoms with Gasteiger partial charge in [0.15, 0.2) is 0 Å². The molecule has 3 heteroatoms. The molecule has 0 saturated carbocycles. The molecule has 2 aromatic carbocycles. The zero-order valence-corrected chi connectivity index (χ0v) is 12.0. The molecule has 0 fully saturated rings. The Morgan fingerprint density at radius 2 is 1.90 bits per heavy atom. The van der Waals surface area contributed by atoms with E-state index in [4.69, 9.17) is 10.5 Å². The van der Waals surface area contributed by atoms with Gasteiger partial charge in [0.25, 0.3) is 0 Å². The molecule has 0 aliphatic heterocycles. The number of hydrogen-bond donors (Lipinski definition) is 2. The smallest absolute Gasteiger partial charge is 0.104 e. The van der Waals surface area contributed by atoms with E-state index in [0.717, 1.165) is 24.8 Å². The van der Waals surface area contributed by atoms with Crippen molar-refractivity contribution in [1.29, 1.82) is 0 Å². The summed E-state index contributed by atoms with van der Waals surface area (Å²) in [5.74, 6) is 0. The van der Waals surface area contributed by atoms with Crippen molar-refractivity contribution in [1.82, 2.24) is 0 Å². The fourth-order valence-electron chi connectivity index (χ4n) is 2.99. The second kappa shape index (κ2) is 6.29. The summed E-state index contributed by atoms with van der Waals surface area (Å²) >= 11 is 0. The summed E-state index contributed by atoms with van der Waals surface area (Å²) in [6.45, 7) is 0.271. The van der Waals surface area contributed by atoms with Crippen LogP contribution in [-0.2, 0) is 11.2 Å². The summed E-state index contributed by atoms with van der Waals surface area (Å²) < 4.78 is 5.98. The molecule has 3 N–H and O–H groups in total. The number of hydrogen-bond acceptors (Lipinski definition) is 3. The summed E-state index contributed by atoms with van der Waals surface area (Å²) in [4.78, 5) is 0. The van der Waals surface area contributed by atoms with Crippen LogP contribution in [0.15, 0.2) is 48.5 Å². The van der Waals surface area contributed by atoms with E-state index >= 15 is 0 Å². The van der Waals surface area contributed by atoms with Gasteiger partial charge >= 0.3 is 0 Å². The van der Waals surface area contributed by atoms with Crippen LogP contribution in [0.5, 0.6) is 0 Å². The number of rotatable bonds is 4. The average molecular weight is 283 g/mol. The van der Waals surface area contributed by atoms with E-state index in [2.05, 4.69) is 18.2 Å². The first-order valence-electron chi connectivity index (χ1n) is 7.47. The summed E-state index contributed by atoms with van der Waals surface area (Å²) in [7, 11) is 0. The SMILES string of the molecule is Nc1ccccc1C(O)COC1CCCc2ccccc21. The van der Waals surface area contributed by atoms with Crippen molar-refractivity contribution < 1.29 is 9.84 Å². The lowest BCUT2D eigenvalue weighted by Crippen LogP contribution is -2.17. The number of benzene rings is 2. The number of aliphatic hydroxyl groups excluding tert-OH is 1. The average Bonchev–Trinajstić information content (AvgIpc) is 2.53. The van der Waals surface area contributed by atoms with Crippen LogP contribution in [0.25, 0.3) is 0 Å². The Balaban J connectivity index is 1.67. The first kappa shape index (κ1) is 14.1. The van der Waals surface area contributed by atoms with Crippen LogP contribution >= 0.6 is 0 Å². The van der Waals surface area contributed by atoms with Gasteiger partial charge in [0.05, 0.1) is 12.7 Å². The maximum absolute atomic E-state index is 10.3. The van der Waals surface area contributed by atoms with E-state index in [1.165, 1.54) is 11.1 Å². The molecule has 0 spiro atoms. The van der Waals surface area contributed by atoms with Crippen molar-refractivity contribution in [3.8, 4) is 0 Å². The van der Waals surface area contributed by atoms with Gasteiger partial charge in [0, 0.05) is 11.3 Å². The van der Waals surface area contributed by atoms with Gasteiger partial charge in [-0.2, -0.15) is 0 Å². The standard InChI is InChI=1S/C18H21NO2/c19-16-10-4-3-9-15(16)17(20)12-21-18-11-5-7-13-6-1-2-8-14(13)18/h1-4,6,8-10,17-18,20H,5,7,11-12,19H2. The number of aryl methyl sites for hydroxylation is 1. The minimum absolute atomic E-state index is 0.0783. The first-order chi connectivity index (χ1) is 10.3. The summed E-state index contributed by atoms with van der Waals surface area (Å²) in [5, 5.41) is 10.3. The maximum atomic E-state index is 10.3. The van der Waals surface area contributed by atoms with Gasteiger partial charge in [-0.05, 0) is 36.5 Å². The van der Waals surface area contributed by atoms with Crippen LogP contribution in [0, 0.1) is 0 Å². The fraction of sp³-hybridized carbons (Fsp3) is 0.333. The summed E-state index contributed by atoms with van der Waals surface area (Å²) in [5.41, 5.74) is 9.86. The van der Waals surface area contributed by atoms with Gasteiger partial charge in [0.2, 0.25) is 0 Å². The van der Waals surface area contributed by atoms with Gasteiger partial charge < -0.3 is 15.6 Å². The Hall–Kier alpha value is -1.84. The lowest BCUT2D eigenvalue weighted by atomic mass is 9.89. The van der Waals surface area contributed by atoms with Crippen LogP contribution in [0.1, 0.15) is 41.7 Å². The fourth-order valence-corrected chi connectivity index (χ4v) is 2.99. The molecule has 21 heavy (non-hydrogen) atoms. The molecule has 2 unspecified atom stereocenters. The number of ether oxygens (including phenoxy) is 1. The van der Waals surface area contributed by atoms with Crippen molar-refractivity contribution in [2.24, 2.45) is 0 Å². The maximum Gasteiger partial charge on any atom is 0.104 e. The highest BCUT2D eigenvalue weighted by atomic mass is 16.5. The third-order valence-corrected chi connectivity index (χ3v) is 4.12. The third kappa shape index (κ3) is 3.09. The molecule has 0 saturated heterocycles. The lowest BCUT2D eigenvalue weighted by Gasteiger charge is -2.26. The molecule has 0 aromatic heterocycles. The largest absolute Gasteiger partial charge is 0.398 e. The molecule has 2 atom stereocenters. The Labute approximate surface area is 125 Å². The van der Waals surface area contributed by atoms with Crippen molar-refractivity contribution in [3.63, 3.8) is 0 Å². The normalized spacial score (nSPS) is 19.0. The number of nitrogen functional groups attached to an aromatic ring is 1. The van der Waals surface area contributed by atoms with E-state index in [1.807, 2.05) is 24.3 Å². The molecule has 1 aliphatic carbocycles. The van der Waals surface area contributed by atoms with Crippen LogP contribution in [0.3, 0.4) is 0 Å². The molecule has 1 aliphatic rings. The van der Waals surface area contributed by atoms with Gasteiger partial charge in [-0.3, -0.25) is 0 Å². The van der Waals surface area contributed by atoms with Crippen molar-refractivity contribution in [2.45, 2.75) is 31.5 Å².